The van der Waals surface area contributed by atoms with Gasteiger partial charge in [0.15, 0.2) is 9.84 Å². The highest BCUT2D eigenvalue weighted by molar-refractivity contribution is 7.98. The van der Waals surface area contributed by atoms with E-state index in [2.05, 4.69) is 0 Å². The van der Waals surface area contributed by atoms with Gasteiger partial charge >= 0.3 is 0 Å². The van der Waals surface area contributed by atoms with Crippen molar-refractivity contribution in [2.75, 3.05) is 0 Å². The highest BCUT2D eigenvalue weighted by Crippen LogP contribution is 2.19. The van der Waals surface area contributed by atoms with Crippen LogP contribution in [0.15, 0.2) is 34.6 Å². The molecule has 0 heterocycles. The summed E-state index contributed by atoms with van der Waals surface area (Å²) >= 11 is 0. The molecule has 3 heteroatoms. The van der Waals surface area contributed by atoms with Gasteiger partial charge < -0.3 is 0 Å². The van der Waals surface area contributed by atoms with Crippen molar-refractivity contribution in [1.29, 1.82) is 0 Å². The minimum atomic E-state index is -3.10. The van der Waals surface area contributed by atoms with E-state index in [0.29, 0.717) is 11.3 Å². The smallest absolute Gasteiger partial charge is 0.195 e. The first kappa shape index (κ1) is 9.26. The van der Waals surface area contributed by atoms with E-state index in [0.717, 1.165) is 6.42 Å². The Labute approximate surface area is 73.2 Å². The maximum absolute atomic E-state index is 11.4. The molecule has 0 unspecified atom stereocenters. The molecular formula is C9H12O2S. The second-order valence-electron chi connectivity index (χ2n) is 2.61. The number of hydrogen-bond donors (Lipinski definition) is 0. The topological polar surface area (TPSA) is 34.1 Å². The molecule has 0 radical (unpaired) electrons. The first-order valence-electron chi connectivity index (χ1n) is 3.90. The second kappa shape index (κ2) is 3.72. The first-order chi connectivity index (χ1) is 5.67. The fraction of sp³-hybridized carbons (Fsp3) is 0.333. The van der Waals surface area contributed by atoms with Gasteiger partial charge in [-0.15, -0.1) is 0 Å². The van der Waals surface area contributed by atoms with Crippen molar-refractivity contribution in [3.8, 4) is 0 Å². The molecule has 0 aliphatic heterocycles. The van der Waals surface area contributed by atoms with Crippen LogP contribution in [-0.2, 0) is 9.84 Å². The molecule has 1 aliphatic rings. The van der Waals surface area contributed by atoms with Gasteiger partial charge in [0.25, 0.3) is 0 Å². The molecule has 0 atom stereocenters. The molecule has 0 N–H and O–H groups in total. The predicted octanol–water partition coefficient (Wildman–Crippen LogP) is 2.17. The normalized spacial score (nSPS) is 18.2. The summed E-state index contributed by atoms with van der Waals surface area (Å²) in [6.07, 6.45) is 8.42. The van der Waals surface area contributed by atoms with Gasteiger partial charge in [0.1, 0.15) is 0 Å². The molecule has 0 amide bonds. The van der Waals surface area contributed by atoms with Crippen LogP contribution >= 0.6 is 0 Å². The third kappa shape index (κ3) is 2.08. The van der Waals surface area contributed by atoms with E-state index >= 15 is 0 Å². The van der Waals surface area contributed by atoms with Crippen LogP contribution in [-0.4, -0.2) is 8.42 Å². The van der Waals surface area contributed by atoms with E-state index in [9.17, 15) is 8.42 Å². The molecule has 0 aromatic rings. The summed E-state index contributed by atoms with van der Waals surface area (Å²) in [7, 11) is -3.10. The van der Waals surface area contributed by atoms with Crippen LogP contribution in [0.3, 0.4) is 0 Å². The Hall–Kier alpha value is -0.830. The molecule has 66 valence electrons. The zero-order valence-corrected chi connectivity index (χ0v) is 7.84. The van der Waals surface area contributed by atoms with E-state index in [1.54, 1.807) is 25.2 Å². The Kier molecular flexibility index (Phi) is 2.87. The van der Waals surface area contributed by atoms with E-state index in [1.807, 2.05) is 6.08 Å². The van der Waals surface area contributed by atoms with Crippen LogP contribution < -0.4 is 0 Å². The van der Waals surface area contributed by atoms with Crippen molar-refractivity contribution >= 4 is 9.84 Å². The molecule has 0 saturated carbocycles. The Bertz CT molecular complexity index is 332. The van der Waals surface area contributed by atoms with Crippen molar-refractivity contribution in [2.24, 2.45) is 0 Å². The van der Waals surface area contributed by atoms with Gasteiger partial charge in [-0.05, 0) is 25.8 Å². The Morgan fingerprint density at radius 3 is 2.75 bits per heavy atom. The van der Waals surface area contributed by atoms with Gasteiger partial charge in [0.2, 0.25) is 0 Å². The summed E-state index contributed by atoms with van der Waals surface area (Å²) in [6.45, 7) is 1.71. The van der Waals surface area contributed by atoms with Crippen LogP contribution in [0.1, 0.15) is 19.8 Å². The maximum atomic E-state index is 11.4. The fourth-order valence-electron chi connectivity index (χ4n) is 1.08. The van der Waals surface area contributed by atoms with Crippen molar-refractivity contribution in [1.82, 2.24) is 0 Å². The zero-order chi connectivity index (χ0) is 9.03. The third-order valence-corrected chi connectivity index (χ3v) is 3.36. The van der Waals surface area contributed by atoms with Gasteiger partial charge in [0.05, 0.1) is 0 Å². The van der Waals surface area contributed by atoms with Gasteiger partial charge in [-0.25, -0.2) is 8.42 Å². The monoisotopic (exact) mass is 184 g/mol. The number of hydrogen-bond acceptors (Lipinski definition) is 2. The number of sulfone groups is 1. The molecule has 2 nitrogen and oxygen atoms in total. The van der Waals surface area contributed by atoms with Crippen LogP contribution in [0.2, 0.25) is 0 Å². The minimum Gasteiger partial charge on any atom is -0.219 e. The lowest BCUT2D eigenvalue weighted by atomic mass is 10.2. The van der Waals surface area contributed by atoms with Crippen molar-refractivity contribution in [3.05, 3.63) is 34.6 Å². The van der Waals surface area contributed by atoms with Gasteiger partial charge in [-0.1, -0.05) is 18.2 Å². The number of rotatable bonds is 2. The zero-order valence-electron chi connectivity index (χ0n) is 7.03. The van der Waals surface area contributed by atoms with Crippen molar-refractivity contribution in [3.63, 3.8) is 0 Å². The Balaban J connectivity index is 2.96. The first-order valence-corrected chi connectivity index (χ1v) is 5.45. The summed E-state index contributed by atoms with van der Waals surface area (Å²) in [4.78, 5) is 0.517. The van der Waals surface area contributed by atoms with Crippen LogP contribution in [0.4, 0.5) is 0 Å². The minimum absolute atomic E-state index is 0.517. The molecule has 0 bridgehead atoms. The molecule has 0 saturated heterocycles. The Morgan fingerprint density at radius 1 is 1.50 bits per heavy atom. The highest BCUT2D eigenvalue weighted by Gasteiger charge is 2.13. The molecule has 12 heavy (non-hydrogen) atoms. The van der Waals surface area contributed by atoms with Crippen molar-refractivity contribution < 1.29 is 8.42 Å². The van der Waals surface area contributed by atoms with E-state index in [4.69, 9.17) is 0 Å². The summed E-state index contributed by atoms with van der Waals surface area (Å²) in [5.41, 5.74) is 0. The van der Waals surface area contributed by atoms with E-state index in [1.165, 1.54) is 5.41 Å². The molecular weight excluding hydrogens is 172 g/mol. The lowest BCUT2D eigenvalue weighted by Crippen LogP contribution is -2.01. The average molecular weight is 184 g/mol. The van der Waals surface area contributed by atoms with E-state index in [-0.39, 0.29) is 0 Å². The lowest BCUT2D eigenvalue weighted by Gasteiger charge is -2.05. The van der Waals surface area contributed by atoms with Gasteiger partial charge in [-0.3, -0.25) is 0 Å². The average Bonchev–Trinajstić information content (AvgIpc) is 2.06. The summed E-state index contributed by atoms with van der Waals surface area (Å²) < 4.78 is 22.8. The molecule has 1 rings (SSSR count). The number of allylic oxidation sites excluding steroid dienone is 5. The van der Waals surface area contributed by atoms with Crippen LogP contribution in [0, 0.1) is 0 Å². The third-order valence-electron chi connectivity index (χ3n) is 1.66. The van der Waals surface area contributed by atoms with Crippen LogP contribution in [0.25, 0.3) is 0 Å². The molecule has 0 spiro atoms. The van der Waals surface area contributed by atoms with E-state index < -0.39 is 9.84 Å². The SMILES string of the molecule is C/C=C/S(=O)(=O)C1=CC=CCC1. The quantitative estimate of drug-likeness (QED) is 0.659. The summed E-state index contributed by atoms with van der Waals surface area (Å²) in [5.74, 6) is 0. The van der Waals surface area contributed by atoms with Crippen molar-refractivity contribution in [2.45, 2.75) is 19.8 Å². The van der Waals surface area contributed by atoms with Gasteiger partial charge in [0, 0.05) is 10.3 Å². The highest BCUT2D eigenvalue weighted by atomic mass is 32.2. The predicted molar refractivity (Wildman–Crippen MR) is 50.2 cm³/mol. The maximum Gasteiger partial charge on any atom is 0.195 e. The molecule has 0 aromatic carbocycles. The largest absolute Gasteiger partial charge is 0.219 e. The van der Waals surface area contributed by atoms with Crippen LogP contribution in [0.5, 0.6) is 0 Å². The molecule has 1 aliphatic carbocycles. The molecule has 0 aromatic heterocycles. The second-order valence-corrected chi connectivity index (χ2v) is 4.50. The molecule has 0 fully saturated rings. The lowest BCUT2D eigenvalue weighted by molar-refractivity contribution is 0.608. The summed E-state index contributed by atoms with van der Waals surface area (Å²) in [5, 5.41) is 1.25. The van der Waals surface area contributed by atoms with Gasteiger partial charge in [-0.2, -0.15) is 0 Å². The summed E-state index contributed by atoms with van der Waals surface area (Å²) in [6, 6.07) is 0. The standard InChI is InChI=1S/C9H12O2S/c1-2-8-12(10,11)9-6-4-3-5-7-9/h2-4,6,8H,5,7H2,1H3/b8-2+. The Morgan fingerprint density at radius 2 is 2.25 bits per heavy atom. The fourth-order valence-corrected chi connectivity index (χ4v) is 2.29.